The summed E-state index contributed by atoms with van der Waals surface area (Å²) in [5.41, 5.74) is 3.85. The van der Waals surface area contributed by atoms with Crippen LogP contribution in [-0.2, 0) is 6.42 Å². The number of thiophene rings is 2. The number of hydrogen-bond donors (Lipinski definition) is 1. The highest BCUT2D eigenvalue weighted by Crippen LogP contribution is 2.29. The minimum atomic E-state index is 0.338. The van der Waals surface area contributed by atoms with Gasteiger partial charge in [-0.25, -0.2) is 0 Å². The molecule has 0 aliphatic rings. The lowest BCUT2D eigenvalue weighted by Crippen LogP contribution is -2.12. The first-order chi connectivity index (χ1) is 10.2. The highest BCUT2D eigenvalue weighted by Gasteiger charge is 2.15. The van der Waals surface area contributed by atoms with Crippen LogP contribution >= 0.6 is 22.7 Å². The summed E-state index contributed by atoms with van der Waals surface area (Å²) >= 11 is 3.65. The lowest BCUT2D eigenvalue weighted by molar-refractivity contribution is 0.801. The normalized spacial score (nSPS) is 12.3. The molecular formula is C18H19NS2. The van der Waals surface area contributed by atoms with Gasteiger partial charge in [0.05, 0.1) is 6.04 Å². The predicted molar refractivity (Wildman–Crippen MR) is 94.6 cm³/mol. The van der Waals surface area contributed by atoms with Crippen LogP contribution in [0.5, 0.6) is 0 Å². The van der Waals surface area contributed by atoms with Crippen molar-refractivity contribution in [2.24, 2.45) is 0 Å². The Bertz CT molecular complexity index is 684. The second-order valence-corrected chi connectivity index (χ2v) is 7.33. The van der Waals surface area contributed by atoms with E-state index in [2.05, 4.69) is 72.4 Å². The fraction of sp³-hybridized carbons (Fsp3) is 0.222. The molecule has 3 heteroatoms. The standard InChI is InChI=1S/C18H19NS2/c1-13-7-8-16(14(2)11-13)19-17(18-6-4-10-21-18)12-15-5-3-9-20-15/h3-11,17,19H,12H2,1-2H3. The van der Waals surface area contributed by atoms with Gasteiger partial charge in [0.2, 0.25) is 0 Å². The van der Waals surface area contributed by atoms with Crippen molar-refractivity contribution in [2.45, 2.75) is 26.3 Å². The van der Waals surface area contributed by atoms with Crippen LogP contribution < -0.4 is 5.32 Å². The van der Waals surface area contributed by atoms with Crippen molar-refractivity contribution < 1.29 is 0 Å². The molecule has 0 amide bonds. The maximum absolute atomic E-state index is 3.73. The maximum Gasteiger partial charge on any atom is 0.0654 e. The zero-order valence-electron chi connectivity index (χ0n) is 12.3. The Kier molecular flexibility index (Phi) is 4.42. The fourth-order valence-electron chi connectivity index (χ4n) is 2.51. The topological polar surface area (TPSA) is 12.0 Å². The second-order valence-electron chi connectivity index (χ2n) is 5.31. The van der Waals surface area contributed by atoms with Gasteiger partial charge >= 0.3 is 0 Å². The summed E-state index contributed by atoms with van der Waals surface area (Å²) in [6, 6.07) is 15.6. The molecule has 3 rings (SSSR count). The number of aryl methyl sites for hydroxylation is 2. The minimum absolute atomic E-state index is 0.338. The summed E-state index contributed by atoms with van der Waals surface area (Å²) in [5.74, 6) is 0. The first-order valence-electron chi connectivity index (χ1n) is 7.12. The smallest absolute Gasteiger partial charge is 0.0654 e. The third-order valence-corrected chi connectivity index (χ3v) is 5.47. The summed E-state index contributed by atoms with van der Waals surface area (Å²) < 4.78 is 0. The second kappa shape index (κ2) is 6.46. The Hall–Kier alpha value is -1.58. The van der Waals surface area contributed by atoms with Crippen molar-refractivity contribution in [3.05, 3.63) is 74.1 Å². The van der Waals surface area contributed by atoms with Gasteiger partial charge < -0.3 is 5.32 Å². The minimum Gasteiger partial charge on any atom is -0.377 e. The third-order valence-electron chi connectivity index (χ3n) is 3.58. The molecule has 1 atom stereocenters. The molecular weight excluding hydrogens is 294 g/mol. The molecule has 0 radical (unpaired) electrons. The van der Waals surface area contributed by atoms with Crippen molar-refractivity contribution >= 4 is 28.4 Å². The van der Waals surface area contributed by atoms with E-state index in [4.69, 9.17) is 0 Å². The molecule has 108 valence electrons. The highest BCUT2D eigenvalue weighted by atomic mass is 32.1. The van der Waals surface area contributed by atoms with Gasteiger partial charge in [-0.15, -0.1) is 22.7 Å². The van der Waals surface area contributed by atoms with Crippen molar-refractivity contribution in [2.75, 3.05) is 5.32 Å². The number of hydrogen-bond acceptors (Lipinski definition) is 3. The third kappa shape index (κ3) is 3.55. The van der Waals surface area contributed by atoms with Crippen LogP contribution in [0.25, 0.3) is 0 Å². The summed E-state index contributed by atoms with van der Waals surface area (Å²) in [4.78, 5) is 2.81. The summed E-state index contributed by atoms with van der Waals surface area (Å²) in [6.45, 7) is 4.31. The average Bonchev–Trinajstić information content (AvgIpc) is 3.13. The molecule has 0 spiro atoms. The van der Waals surface area contributed by atoms with Crippen molar-refractivity contribution in [1.82, 2.24) is 0 Å². The summed E-state index contributed by atoms with van der Waals surface area (Å²) in [5, 5.41) is 8.04. The van der Waals surface area contributed by atoms with E-state index < -0.39 is 0 Å². The van der Waals surface area contributed by atoms with Gasteiger partial charge in [0.15, 0.2) is 0 Å². The Balaban J connectivity index is 1.85. The lowest BCUT2D eigenvalue weighted by Gasteiger charge is -2.20. The molecule has 2 aromatic heterocycles. The monoisotopic (exact) mass is 313 g/mol. The SMILES string of the molecule is Cc1ccc(NC(Cc2cccs2)c2cccs2)c(C)c1. The molecule has 2 heterocycles. The number of nitrogens with one attached hydrogen (secondary N) is 1. The fourth-order valence-corrected chi connectivity index (χ4v) is 4.04. The molecule has 0 bridgehead atoms. The Labute approximate surface area is 134 Å². The van der Waals surface area contributed by atoms with Gasteiger partial charge in [0, 0.05) is 21.9 Å². The molecule has 1 nitrogen and oxygen atoms in total. The molecule has 0 saturated heterocycles. The molecule has 0 fully saturated rings. The van der Waals surface area contributed by atoms with Crippen LogP contribution in [0.1, 0.15) is 26.9 Å². The zero-order valence-corrected chi connectivity index (χ0v) is 13.9. The van der Waals surface area contributed by atoms with Crippen LogP contribution in [0.4, 0.5) is 5.69 Å². The molecule has 1 aromatic carbocycles. The van der Waals surface area contributed by atoms with Crippen molar-refractivity contribution in [3.63, 3.8) is 0 Å². The van der Waals surface area contributed by atoms with Crippen LogP contribution in [0.2, 0.25) is 0 Å². The van der Waals surface area contributed by atoms with Gasteiger partial charge in [-0.1, -0.05) is 29.8 Å². The molecule has 0 aliphatic heterocycles. The van der Waals surface area contributed by atoms with Gasteiger partial charge in [0.1, 0.15) is 0 Å². The number of rotatable bonds is 5. The molecule has 21 heavy (non-hydrogen) atoms. The van der Waals surface area contributed by atoms with Crippen molar-refractivity contribution in [3.8, 4) is 0 Å². The van der Waals surface area contributed by atoms with E-state index in [-0.39, 0.29) is 0 Å². The van der Waals surface area contributed by atoms with Crippen molar-refractivity contribution in [1.29, 1.82) is 0 Å². The quantitative estimate of drug-likeness (QED) is 0.625. The average molecular weight is 313 g/mol. The van der Waals surface area contributed by atoms with Crippen LogP contribution in [0, 0.1) is 13.8 Å². The Morgan fingerprint density at radius 1 is 1.00 bits per heavy atom. The van der Waals surface area contributed by atoms with Gasteiger partial charge in [-0.3, -0.25) is 0 Å². The van der Waals surface area contributed by atoms with E-state index in [1.807, 2.05) is 22.7 Å². The Morgan fingerprint density at radius 3 is 2.48 bits per heavy atom. The van der Waals surface area contributed by atoms with Gasteiger partial charge in [-0.2, -0.15) is 0 Å². The first kappa shape index (κ1) is 14.4. The van der Waals surface area contributed by atoms with E-state index in [0.29, 0.717) is 6.04 Å². The maximum atomic E-state index is 3.73. The number of benzene rings is 1. The molecule has 3 aromatic rings. The van der Waals surface area contributed by atoms with E-state index >= 15 is 0 Å². The van der Waals surface area contributed by atoms with E-state index in [1.54, 1.807) is 0 Å². The van der Waals surface area contributed by atoms with Gasteiger partial charge in [-0.05, 0) is 48.4 Å². The molecule has 1 unspecified atom stereocenters. The summed E-state index contributed by atoms with van der Waals surface area (Å²) in [7, 11) is 0. The van der Waals surface area contributed by atoms with Crippen LogP contribution in [0.15, 0.2) is 53.2 Å². The van der Waals surface area contributed by atoms with Gasteiger partial charge in [0.25, 0.3) is 0 Å². The van der Waals surface area contributed by atoms with Crippen LogP contribution in [-0.4, -0.2) is 0 Å². The highest BCUT2D eigenvalue weighted by molar-refractivity contribution is 7.10. The predicted octanol–water partition coefficient (Wildman–Crippen LogP) is 5.82. The molecule has 1 N–H and O–H groups in total. The van der Waals surface area contributed by atoms with E-state index in [1.165, 1.54) is 26.6 Å². The summed E-state index contributed by atoms with van der Waals surface area (Å²) in [6.07, 6.45) is 1.03. The largest absolute Gasteiger partial charge is 0.377 e. The first-order valence-corrected chi connectivity index (χ1v) is 8.88. The van der Waals surface area contributed by atoms with E-state index in [0.717, 1.165) is 6.42 Å². The molecule has 0 saturated carbocycles. The zero-order chi connectivity index (χ0) is 14.7. The lowest BCUT2D eigenvalue weighted by atomic mass is 10.1. The van der Waals surface area contributed by atoms with E-state index in [9.17, 15) is 0 Å². The molecule has 0 aliphatic carbocycles. The Morgan fingerprint density at radius 2 is 1.81 bits per heavy atom. The number of anilines is 1. The van der Waals surface area contributed by atoms with Crippen LogP contribution in [0.3, 0.4) is 0 Å².